The van der Waals surface area contributed by atoms with Crippen LogP contribution in [0.15, 0.2) is 0 Å². The summed E-state index contributed by atoms with van der Waals surface area (Å²) in [4.78, 5) is 11.5. The van der Waals surface area contributed by atoms with E-state index in [-0.39, 0.29) is 35.8 Å². The molecule has 0 saturated carbocycles. The zero-order chi connectivity index (χ0) is 16.9. The number of amides is 1. The van der Waals surface area contributed by atoms with E-state index in [1.54, 1.807) is 0 Å². The van der Waals surface area contributed by atoms with E-state index >= 15 is 0 Å². The number of benzene rings is 1. The number of rotatable bonds is 7. The van der Waals surface area contributed by atoms with E-state index in [1.807, 2.05) is 6.92 Å². The molecule has 0 fully saturated rings. The predicted octanol–water partition coefficient (Wildman–Crippen LogP) is 6.05. The van der Waals surface area contributed by atoms with E-state index in [9.17, 15) is 4.79 Å². The molecule has 1 atom stereocenters. The fourth-order valence-corrected chi connectivity index (χ4v) is 3.52. The molecule has 2 N–H and O–H groups in total. The first kappa shape index (κ1) is 20.5. The molecule has 0 aliphatic carbocycles. The summed E-state index contributed by atoms with van der Waals surface area (Å²) >= 11 is 33.4. The highest BCUT2D eigenvalue weighted by Crippen LogP contribution is 2.46. The third kappa shape index (κ3) is 5.22. The van der Waals surface area contributed by atoms with Crippen molar-refractivity contribution >= 4 is 85.5 Å². The largest absolute Gasteiger partial charge is 0.381 e. The van der Waals surface area contributed by atoms with Crippen molar-refractivity contribution in [3.8, 4) is 0 Å². The summed E-state index contributed by atoms with van der Waals surface area (Å²) in [6.07, 6.45) is 1.70. The molecule has 0 bridgehead atoms. The van der Waals surface area contributed by atoms with E-state index in [1.165, 1.54) is 0 Å². The molecule has 1 aromatic rings. The Morgan fingerprint density at radius 2 is 1.50 bits per heavy atom. The summed E-state index contributed by atoms with van der Waals surface area (Å²) in [5, 5.41) is 6.54. The molecule has 1 aromatic carbocycles. The minimum atomic E-state index is -0.191. The lowest BCUT2D eigenvalue weighted by Gasteiger charge is -2.15. The van der Waals surface area contributed by atoms with E-state index in [0.717, 1.165) is 12.8 Å². The molecule has 0 spiro atoms. The Labute approximate surface area is 163 Å². The molecule has 3 nitrogen and oxygen atoms in total. The third-order valence-corrected chi connectivity index (χ3v) is 5.91. The Morgan fingerprint density at radius 1 is 1.00 bits per heavy atom. The van der Waals surface area contributed by atoms with Gasteiger partial charge < -0.3 is 10.6 Å². The molecule has 0 saturated heterocycles. The standard InChI is InChI=1S/C13H14BrCl5N2O/c1-2-3-6(14)13(22)21-5-4-20-12-10(18)8(16)7(15)9(17)11(12)19/h6,20H,2-5H2,1H3,(H,21,22). The quantitative estimate of drug-likeness (QED) is 0.220. The fraction of sp³-hybridized carbons (Fsp3) is 0.462. The number of nitrogens with one attached hydrogen (secondary N) is 2. The molecule has 9 heteroatoms. The number of carbonyl (C=O) groups is 1. The minimum Gasteiger partial charge on any atom is -0.381 e. The van der Waals surface area contributed by atoms with Crippen molar-refractivity contribution in [1.29, 1.82) is 0 Å². The van der Waals surface area contributed by atoms with Crippen LogP contribution in [-0.4, -0.2) is 23.8 Å². The Balaban J connectivity index is 2.62. The van der Waals surface area contributed by atoms with Gasteiger partial charge in [0.25, 0.3) is 0 Å². The van der Waals surface area contributed by atoms with E-state index in [4.69, 9.17) is 58.0 Å². The molecule has 1 amide bonds. The van der Waals surface area contributed by atoms with Gasteiger partial charge in [-0.3, -0.25) is 4.79 Å². The molecule has 0 radical (unpaired) electrons. The average molecular weight is 471 g/mol. The molecule has 124 valence electrons. The van der Waals surface area contributed by atoms with Crippen LogP contribution in [0.2, 0.25) is 25.1 Å². The van der Waals surface area contributed by atoms with Crippen LogP contribution in [0.5, 0.6) is 0 Å². The smallest absolute Gasteiger partial charge is 0.233 e. The molecule has 1 unspecified atom stereocenters. The molecule has 0 aromatic heterocycles. The number of hydrogen-bond acceptors (Lipinski definition) is 2. The molecule has 1 rings (SSSR count). The molecule has 0 heterocycles. The minimum absolute atomic E-state index is 0.0620. The highest BCUT2D eigenvalue weighted by atomic mass is 79.9. The van der Waals surface area contributed by atoms with E-state index in [0.29, 0.717) is 18.8 Å². The Bertz CT molecular complexity index is 527. The van der Waals surface area contributed by atoms with Gasteiger partial charge in [0.15, 0.2) is 0 Å². The second-order valence-corrected chi connectivity index (χ2v) is 7.41. The number of halogens is 6. The Kier molecular flexibility index (Phi) is 8.98. The summed E-state index contributed by atoms with van der Waals surface area (Å²) in [5.74, 6) is -0.0620. The van der Waals surface area contributed by atoms with Crippen LogP contribution < -0.4 is 10.6 Å². The molecule has 0 aliphatic heterocycles. The van der Waals surface area contributed by atoms with Crippen molar-refractivity contribution in [2.24, 2.45) is 0 Å². The highest BCUT2D eigenvalue weighted by molar-refractivity contribution is 9.10. The number of hydrogen-bond donors (Lipinski definition) is 2. The van der Waals surface area contributed by atoms with Gasteiger partial charge in [0, 0.05) is 13.1 Å². The molecular formula is C13H14BrCl5N2O. The first-order valence-corrected chi connectivity index (χ1v) is 9.28. The molecule has 22 heavy (non-hydrogen) atoms. The van der Waals surface area contributed by atoms with Crippen molar-refractivity contribution in [1.82, 2.24) is 5.32 Å². The summed E-state index contributed by atoms with van der Waals surface area (Å²) in [6, 6.07) is 0. The maximum absolute atomic E-state index is 11.7. The van der Waals surface area contributed by atoms with Crippen LogP contribution >= 0.6 is 73.9 Å². The zero-order valence-electron chi connectivity index (χ0n) is 11.6. The second-order valence-electron chi connectivity index (χ2n) is 4.42. The maximum atomic E-state index is 11.7. The molecule has 0 aliphatic rings. The molecular weight excluding hydrogens is 457 g/mol. The van der Waals surface area contributed by atoms with Crippen LogP contribution in [0.4, 0.5) is 5.69 Å². The SMILES string of the molecule is CCCC(Br)C(=O)NCCNc1c(Cl)c(Cl)c(Cl)c(Cl)c1Cl. The number of alkyl halides is 1. The van der Waals surface area contributed by atoms with Crippen LogP contribution in [0.3, 0.4) is 0 Å². The second kappa shape index (κ2) is 9.65. The van der Waals surface area contributed by atoms with Gasteiger partial charge in [-0.2, -0.15) is 0 Å². The van der Waals surface area contributed by atoms with Gasteiger partial charge in [-0.15, -0.1) is 0 Å². The maximum Gasteiger partial charge on any atom is 0.233 e. The van der Waals surface area contributed by atoms with Gasteiger partial charge in [-0.05, 0) is 6.42 Å². The lowest BCUT2D eigenvalue weighted by Crippen LogP contribution is -2.34. The summed E-state index contributed by atoms with van der Waals surface area (Å²) in [7, 11) is 0. The van der Waals surface area contributed by atoms with Crippen molar-refractivity contribution in [3.05, 3.63) is 25.1 Å². The Hall–Kier alpha value is 0.420. The van der Waals surface area contributed by atoms with Crippen molar-refractivity contribution in [2.75, 3.05) is 18.4 Å². The van der Waals surface area contributed by atoms with Crippen LogP contribution in [0, 0.1) is 0 Å². The van der Waals surface area contributed by atoms with Crippen molar-refractivity contribution < 1.29 is 4.79 Å². The van der Waals surface area contributed by atoms with Gasteiger partial charge in [-0.1, -0.05) is 87.3 Å². The monoisotopic (exact) mass is 468 g/mol. The van der Waals surface area contributed by atoms with Gasteiger partial charge >= 0.3 is 0 Å². The van der Waals surface area contributed by atoms with Crippen molar-refractivity contribution in [3.63, 3.8) is 0 Å². The third-order valence-electron chi connectivity index (χ3n) is 2.76. The average Bonchev–Trinajstić information content (AvgIpc) is 2.50. The van der Waals surface area contributed by atoms with Gasteiger partial charge in [0.2, 0.25) is 5.91 Å². The van der Waals surface area contributed by atoms with Crippen LogP contribution in [0.25, 0.3) is 0 Å². The lowest BCUT2D eigenvalue weighted by molar-refractivity contribution is -0.120. The fourth-order valence-electron chi connectivity index (χ4n) is 1.63. The van der Waals surface area contributed by atoms with E-state index in [2.05, 4.69) is 26.6 Å². The van der Waals surface area contributed by atoms with Crippen LogP contribution in [0.1, 0.15) is 19.8 Å². The van der Waals surface area contributed by atoms with Gasteiger partial charge in [-0.25, -0.2) is 0 Å². The predicted molar refractivity (Wildman–Crippen MR) is 101 cm³/mol. The topological polar surface area (TPSA) is 41.1 Å². The number of anilines is 1. The summed E-state index contributed by atoms with van der Waals surface area (Å²) in [6.45, 7) is 2.82. The lowest BCUT2D eigenvalue weighted by atomic mass is 10.2. The normalized spacial score (nSPS) is 12.1. The Morgan fingerprint density at radius 3 is 2.00 bits per heavy atom. The first-order valence-electron chi connectivity index (χ1n) is 6.48. The zero-order valence-corrected chi connectivity index (χ0v) is 16.9. The van der Waals surface area contributed by atoms with E-state index < -0.39 is 0 Å². The van der Waals surface area contributed by atoms with Crippen LogP contribution in [-0.2, 0) is 4.79 Å². The first-order chi connectivity index (χ1) is 10.3. The summed E-state index contributed by atoms with van der Waals surface area (Å²) < 4.78 is 0. The van der Waals surface area contributed by atoms with Gasteiger partial charge in [0.05, 0.1) is 35.6 Å². The van der Waals surface area contributed by atoms with Crippen molar-refractivity contribution in [2.45, 2.75) is 24.6 Å². The highest BCUT2D eigenvalue weighted by Gasteiger charge is 2.19. The summed E-state index contributed by atoms with van der Waals surface area (Å²) in [5.41, 5.74) is 0.390. The van der Waals surface area contributed by atoms with Gasteiger partial charge in [0.1, 0.15) is 0 Å². The number of carbonyl (C=O) groups excluding carboxylic acids is 1.